The Bertz CT molecular complexity index is 357. The van der Waals surface area contributed by atoms with Crippen LogP contribution >= 0.6 is 0 Å². The predicted molar refractivity (Wildman–Crippen MR) is 62.0 cm³/mol. The number of nitrogens with zero attached hydrogens (tertiary/aromatic N) is 4. The van der Waals surface area contributed by atoms with E-state index in [0.717, 1.165) is 18.7 Å². The number of nitrogens with two attached hydrogens (primary N) is 1. The predicted octanol–water partition coefficient (Wildman–Crippen LogP) is 1.20. The first kappa shape index (κ1) is 11.5. The number of aromatic nitrogens is 4. The van der Waals surface area contributed by atoms with Crippen LogP contribution in [0.3, 0.4) is 0 Å². The molecule has 2 rings (SSSR count). The molecule has 0 unspecified atom stereocenters. The van der Waals surface area contributed by atoms with Crippen LogP contribution in [0.1, 0.15) is 52.3 Å². The van der Waals surface area contributed by atoms with Crippen molar-refractivity contribution in [3.63, 3.8) is 0 Å². The van der Waals surface area contributed by atoms with Crippen LogP contribution in [-0.2, 0) is 11.0 Å². The van der Waals surface area contributed by atoms with Crippen LogP contribution in [0.2, 0.25) is 0 Å². The second-order valence-electron chi connectivity index (χ2n) is 5.76. The fourth-order valence-corrected chi connectivity index (χ4v) is 2.28. The van der Waals surface area contributed by atoms with Gasteiger partial charge in [-0.1, -0.05) is 12.8 Å². The molecule has 0 aromatic carbocycles. The Kier molecular flexibility index (Phi) is 2.74. The summed E-state index contributed by atoms with van der Waals surface area (Å²) in [5.74, 6) is 0.836. The Balaban J connectivity index is 2.30. The lowest BCUT2D eigenvalue weighted by molar-refractivity contribution is 0.302. The van der Waals surface area contributed by atoms with Crippen LogP contribution in [0.15, 0.2) is 0 Å². The van der Waals surface area contributed by atoms with E-state index in [1.165, 1.54) is 12.8 Å². The highest BCUT2D eigenvalue weighted by atomic mass is 15.6. The molecule has 16 heavy (non-hydrogen) atoms. The Morgan fingerprint density at radius 2 is 1.94 bits per heavy atom. The molecule has 1 aromatic rings. The molecule has 1 saturated carbocycles. The van der Waals surface area contributed by atoms with Gasteiger partial charge in [0.1, 0.15) is 0 Å². The molecule has 0 spiro atoms. The van der Waals surface area contributed by atoms with E-state index in [-0.39, 0.29) is 11.0 Å². The van der Waals surface area contributed by atoms with Gasteiger partial charge in [0.25, 0.3) is 0 Å². The van der Waals surface area contributed by atoms with Crippen LogP contribution < -0.4 is 5.73 Å². The zero-order valence-corrected chi connectivity index (χ0v) is 10.4. The minimum absolute atomic E-state index is 0.0104. The topological polar surface area (TPSA) is 69.6 Å². The quantitative estimate of drug-likeness (QED) is 0.818. The van der Waals surface area contributed by atoms with Gasteiger partial charge in [0.15, 0.2) is 5.82 Å². The average molecular weight is 223 g/mol. The Morgan fingerprint density at radius 3 is 2.38 bits per heavy atom. The molecule has 0 amide bonds. The molecule has 0 atom stereocenters. The van der Waals surface area contributed by atoms with Gasteiger partial charge in [-0.05, 0) is 38.8 Å². The van der Waals surface area contributed by atoms with Crippen LogP contribution in [0.25, 0.3) is 0 Å². The lowest BCUT2D eigenvalue weighted by atomic mass is 9.86. The smallest absolute Gasteiger partial charge is 0.182 e. The van der Waals surface area contributed by atoms with Crippen molar-refractivity contribution in [3.05, 3.63) is 5.82 Å². The van der Waals surface area contributed by atoms with Gasteiger partial charge in [0.05, 0.1) is 5.54 Å². The van der Waals surface area contributed by atoms with E-state index >= 15 is 0 Å². The zero-order chi connectivity index (χ0) is 11.8. The fourth-order valence-electron chi connectivity index (χ4n) is 2.28. The molecular formula is C11H21N5. The van der Waals surface area contributed by atoms with Crippen molar-refractivity contribution < 1.29 is 0 Å². The summed E-state index contributed by atoms with van der Waals surface area (Å²) in [5.41, 5.74) is 5.78. The van der Waals surface area contributed by atoms with Gasteiger partial charge in [0.2, 0.25) is 0 Å². The van der Waals surface area contributed by atoms with Gasteiger partial charge in [0, 0.05) is 12.0 Å². The van der Waals surface area contributed by atoms with Crippen LogP contribution in [0.4, 0.5) is 0 Å². The third-order valence-electron chi connectivity index (χ3n) is 3.44. The zero-order valence-electron chi connectivity index (χ0n) is 10.4. The molecule has 5 nitrogen and oxygen atoms in total. The van der Waals surface area contributed by atoms with Crippen molar-refractivity contribution >= 4 is 0 Å². The second-order valence-corrected chi connectivity index (χ2v) is 5.76. The van der Waals surface area contributed by atoms with Crippen molar-refractivity contribution in [3.8, 4) is 0 Å². The molecule has 90 valence electrons. The summed E-state index contributed by atoms with van der Waals surface area (Å²) in [6, 6.07) is 0. The van der Waals surface area contributed by atoms with Crippen molar-refractivity contribution in [1.82, 2.24) is 20.2 Å². The lowest BCUT2D eigenvalue weighted by Crippen LogP contribution is -2.34. The molecule has 1 fully saturated rings. The molecule has 1 aliphatic carbocycles. The lowest BCUT2D eigenvalue weighted by Gasteiger charge is -2.23. The molecule has 1 aromatic heterocycles. The molecule has 0 saturated heterocycles. The maximum absolute atomic E-state index is 5.90. The third kappa shape index (κ3) is 1.84. The first-order valence-electron chi connectivity index (χ1n) is 5.99. The van der Waals surface area contributed by atoms with Gasteiger partial charge >= 0.3 is 0 Å². The van der Waals surface area contributed by atoms with Crippen molar-refractivity contribution in [1.29, 1.82) is 0 Å². The number of hydrogen-bond donors (Lipinski definition) is 1. The van der Waals surface area contributed by atoms with E-state index in [1.54, 1.807) is 4.80 Å². The van der Waals surface area contributed by atoms with E-state index in [1.807, 2.05) is 0 Å². The van der Waals surface area contributed by atoms with Crippen molar-refractivity contribution in [2.45, 2.75) is 57.4 Å². The molecular weight excluding hydrogens is 202 g/mol. The highest BCUT2D eigenvalue weighted by molar-refractivity contribution is 5.09. The highest BCUT2D eigenvalue weighted by Gasteiger charge is 2.39. The van der Waals surface area contributed by atoms with E-state index < -0.39 is 0 Å². The largest absolute Gasteiger partial charge is 0.329 e. The third-order valence-corrected chi connectivity index (χ3v) is 3.44. The van der Waals surface area contributed by atoms with Crippen molar-refractivity contribution in [2.75, 3.05) is 6.54 Å². The minimum atomic E-state index is -0.111. The summed E-state index contributed by atoms with van der Waals surface area (Å²) < 4.78 is 0. The first-order chi connectivity index (χ1) is 7.48. The fraction of sp³-hybridized carbons (Fsp3) is 0.909. The first-order valence-corrected chi connectivity index (χ1v) is 5.99. The second kappa shape index (κ2) is 3.80. The summed E-state index contributed by atoms with van der Waals surface area (Å²) in [6.45, 7) is 6.84. The van der Waals surface area contributed by atoms with E-state index in [4.69, 9.17) is 5.73 Å². The minimum Gasteiger partial charge on any atom is -0.329 e. The average Bonchev–Trinajstić information content (AvgIpc) is 2.86. The van der Waals surface area contributed by atoms with E-state index in [0.29, 0.717) is 6.54 Å². The van der Waals surface area contributed by atoms with Crippen molar-refractivity contribution in [2.24, 2.45) is 5.73 Å². The Hall–Kier alpha value is -0.970. The van der Waals surface area contributed by atoms with Crippen LogP contribution in [0, 0.1) is 0 Å². The number of rotatable bonds is 2. The normalized spacial score (nSPS) is 20.2. The molecule has 2 N–H and O–H groups in total. The van der Waals surface area contributed by atoms with Crippen LogP contribution in [-0.4, -0.2) is 26.8 Å². The maximum Gasteiger partial charge on any atom is 0.182 e. The summed E-state index contributed by atoms with van der Waals surface area (Å²) in [6.07, 6.45) is 4.64. The summed E-state index contributed by atoms with van der Waals surface area (Å²) >= 11 is 0. The summed E-state index contributed by atoms with van der Waals surface area (Å²) in [7, 11) is 0. The van der Waals surface area contributed by atoms with E-state index in [9.17, 15) is 0 Å². The van der Waals surface area contributed by atoms with Crippen LogP contribution in [0.5, 0.6) is 0 Å². The number of hydrogen-bond acceptors (Lipinski definition) is 4. The van der Waals surface area contributed by atoms with Gasteiger partial charge in [-0.3, -0.25) is 0 Å². The summed E-state index contributed by atoms with van der Waals surface area (Å²) in [5, 5.41) is 12.9. The molecule has 0 aliphatic heterocycles. The molecule has 0 radical (unpaired) electrons. The number of tetrazole rings is 1. The highest BCUT2D eigenvalue weighted by Crippen LogP contribution is 2.38. The van der Waals surface area contributed by atoms with Gasteiger partial charge in [-0.2, -0.15) is 4.80 Å². The van der Waals surface area contributed by atoms with Gasteiger partial charge in [-0.25, -0.2) is 0 Å². The molecule has 1 heterocycles. The van der Waals surface area contributed by atoms with Gasteiger partial charge in [-0.15, -0.1) is 10.2 Å². The van der Waals surface area contributed by atoms with E-state index in [2.05, 4.69) is 36.2 Å². The monoisotopic (exact) mass is 223 g/mol. The van der Waals surface area contributed by atoms with Gasteiger partial charge < -0.3 is 5.73 Å². The molecule has 0 bridgehead atoms. The molecule has 5 heteroatoms. The SMILES string of the molecule is CC(C)(C)n1nnc(C2(CN)CCCC2)n1. The Labute approximate surface area is 96.4 Å². The standard InChI is InChI=1S/C11H21N5/c1-10(2,3)16-14-9(13-15-16)11(8-12)6-4-5-7-11/h4-8,12H2,1-3H3. The molecule has 1 aliphatic rings. The Morgan fingerprint density at radius 1 is 1.31 bits per heavy atom. The summed E-state index contributed by atoms with van der Waals surface area (Å²) in [4.78, 5) is 1.69. The maximum atomic E-state index is 5.90.